The fourth-order valence-corrected chi connectivity index (χ4v) is 6.36. The van der Waals surface area contributed by atoms with Crippen LogP contribution >= 0.6 is 0 Å². The lowest BCUT2D eigenvalue weighted by Gasteiger charge is -2.34. The first-order chi connectivity index (χ1) is 19.1. The summed E-state index contributed by atoms with van der Waals surface area (Å²) >= 11 is 0. The zero-order valence-corrected chi connectivity index (χ0v) is 26.3. The van der Waals surface area contributed by atoms with E-state index in [1.165, 1.54) is 47.9 Å². The zero-order valence-electron chi connectivity index (χ0n) is 26.3. The van der Waals surface area contributed by atoms with Crippen molar-refractivity contribution in [1.82, 2.24) is 0 Å². The van der Waals surface area contributed by atoms with Crippen molar-refractivity contribution in [3.8, 4) is 5.75 Å². The molecule has 1 aliphatic rings. The standard InChI is InChI=1S/C36H54O4/c1-8-11-12-13-22-35(6,7)33(37)20-15-28-14-16-29(23-26(28)4)36(9-2,10-3)30-17-19-32(27(5)24-30)39-25-31-18-21-34(38)40-31/h14,16-17,19,23-24,31,33,37H,8-13,15,18,20-22,25H2,1-7H3/t31-,33?/m0/s1. The molecule has 0 aliphatic carbocycles. The number of cyclic esters (lactones) is 1. The maximum absolute atomic E-state index is 11.4. The van der Waals surface area contributed by atoms with Crippen LogP contribution in [0.4, 0.5) is 0 Å². The van der Waals surface area contributed by atoms with Gasteiger partial charge in [0.2, 0.25) is 0 Å². The third kappa shape index (κ3) is 7.90. The number of aliphatic hydroxyl groups is 1. The molecule has 2 aromatic rings. The lowest BCUT2D eigenvalue weighted by molar-refractivity contribution is -0.142. The van der Waals surface area contributed by atoms with Crippen molar-refractivity contribution in [1.29, 1.82) is 0 Å². The third-order valence-corrected chi connectivity index (χ3v) is 9.49. The molecule has 1 heterocycles. The summed E-state index contributed by atoms with van der Waals surface area (Å²) in [6, 6.07) is 13.5. The molecule has 0 aromatic heterocycles. The topological polar surface area (TPSA) is 55.8 Å². The molecule has 0 spiro atoms. The monoisotopic (exact) mass is 550 g/mol. The Morgan fingerprint density at radius 1 is 0.975 bits per heavy atom. The van der Waals surface area contributed by atoms with E-state index < -0.39 is 0 Å². The number of esters is 1. The number of hydrogen-bond acceptors (Lipinski definition) is 4. The summed E-state index contributed by atoms with van der Waals surface area (Å²) in [6.45, 7) is 16.0. The van der Waals surface area contributed by atoms with E-state index >= 15 is 0 Å². The van der Waals surface area contributed by atoms with Crippen LogP contribution in [-0.4, -0.2) is 29.9 Å². The van der Waals surface area contributed by atoms with E-state index in [-0.39, 0.29) is 29.0 Å². The van der Waals surface area contributed by atoms with Crippen LogP contribution in [0.25, 0.3) is 0 Å². The molecule has 2 aromatic carbocycles. The summed E-state index contributed by atoms with van der Waals surface area (Å²) in [7, 11) is 0. The van der Waals surface area contributed by atoms with Gasteiger partial charge in [-0.15, -0.1) is 0 Å². The molecule has 0 amide bonds. The van der Waals surface area contributed by atoms with Gasteiger partial charge in [-0.3, -0.25) is 4.79 Å². The van der Waals surface area contributed by atoms with E-state index in [0.717, 1.165) is 49.8 Å². The minimum Gasteiger partial charge on any atom is -0.489 e. The number of ether oxygens (including phenoxy) is 2. The third-order valence-electron chi connectivity index (χ3n) is 9.49. The van der Waals surface area contributed by atoms with Crippen LogP contribution in [0, 0.1) is 19.3 Å². The molecule has 4 heteroatoms. The van der Waals surface area contributed by atoms with Gasteiger partial charge in [-0.05, 0) is 91.7 Å². The minimum atomic E-state index is -0.289. The molecule has 0 bridgehead atoms. The van der Waals surface area contributed by atoms with E-state index in [0.29, 0.717) is 13.0 Å². The average Bonchev–Trinajstić information content (AvgIpc) is 3.35. The molecule has 3 rings (SSSR count). The fraction of sp³-hybridized carbons (Fsp3) is 0.639. The Hall–Kier alpha value is -2.33. The summed E-state index contributed by atoms with van der Waals surface area (Å²) in [5.41, 5.74) is 6.28. The van der Waals surface area contributed by atoms with Gasteiger partial charge in [0.15, 0.2) is 0 Å². The van der Waals surface area contributed by atoms with Crippen molar-refractivity contribution >= 4 is 5.97 Å². The Balaban J connectivity index is 1.70. The Morgan fingerprint density at radius 3 is 2.23 bits per heavy atom. The quantitative estimate of drug-likeness (QED) is 0.168. The second-order valence-electron chi connectivity index (χ2n) is 12.7. The number of aliphatic hydroxyl groups excluding tert-OH is 1. The first-order valence-corrected chi connectivity index (χ1v) is 15.8. The van der Waals surface area contributed by atoms with Crippen molar-refractivity contribution < 1.29 is 19.4 Å². The van der Waals surface area contributed by atoms with Gasteiger partial charge in [0.05, 0.1) is 6.10 Å². The summed E-state index contributed by atoms with van der Waals surface area (Å²) in [6.07, 6.45) is 10.6. The number of rotatable bonds is 16. The van der Waals surface area contributed by atoms with Crippen LogP contribution in [0.5, 0.6) is 5.75 Å². The average molecular weight is 551 g/mol. The van der Waals surface area contributed by atoms with Gasteiger partial charge in [0.1, 0.15) is 18.5 Å². The number of carbonyl (C=O) groups excluding carboxylic acids is 1. The van der Waals surface area contributed by atoms with Crippen LogP contribution in [0.3, 0.4) is 0 Å². The highest BCUT2D eigenvalue weighted by Gasteiger charge is 2.32. The molecule has 1 N–H and O–H groups in total. The lowest BCUT2D eigenvalue weighted by atomic mass is 9.69. The SMILES string of the molecule is CCCCCCC(C)(C)C(O)CCc1ccc(C(CC)(CC)c2ccc(OC[C@@H]3CCC(=O)O3)c(C)c2)cc1C. The molecule has 1 aliphatic heterocycles. The molecule has 40 heavy (non-hydrogen) atoms. The second kappa shape index (κ2) is 14.5. The van der Waals surface area contributed by atoms with Crippen molar-refractivity contribution in [2.24, 2.45) is 5.41 Å². The molecule has 0 saturated carbocycles. The highest BCUT2D eigenvalue weighted by Crippen LogP contribution is 2.41. The number of benzene rings is 2. The van der Waals surface area contributed by atoms with Crippen molar-refractivity contribution in [3.63, 3.8) is 0 Å². The predicted molar refractivity (Wildman–Crippen MR) is 165 cm³/mol. The first-order valence-electron chi connectivity index (χ1n) is 15.8. The van der Waals surface area contributed by atoms with E-state index in [2.05, 4.69) is 84.9 Å². The largest absolute Gasteiger partial charge is 0.489 e. The second-order valence-corrected chi connectivity index (χ2v) is 12.7. The van der Waals surface area contributed by atoms with Gasteiger partial charge < -0.3 is 14.6 Å². The van der Waals surface area contributed by atoms with Crippen LogP contribution in [0.15, 0.2) is 36.4 Å². The Labute approximate surface area is 243 Å². The molecule has 2 atom stereocenters. The van der Waals surface area contributed by atoms with Crippen molar-refractivity contribution in [2.75, 3.05) is 6.61 Å². The zero-order chi connectivity index (χ0) is 29.3. The normalized spacial score (nSPS) is 16.7. The van der Waals surface area contributed by atoms with Gasteiger partial charge >= 0.3 is 5.97 Å². The van der Waals surface area contributed by atoms with Gasteiger partial charge in [-0.1, -0.05) is 90.6 Å². The summed E-state index contributed by atoms with van der Waals surface area (Å²) in [5.74, 6) is 0.724. The molecule has 4 nitrogen and oxygen atoms in total. The van der Waals surface area contributed by atoms with Crippen molar-refractivity contribution in [2.45, 2.75) is 137 Å². The van der Waals surface area contributed by atoms with Crippen LogP contribution < -0.4 is 4.74 Å². The highest BCUT2D eigenvalue weighted by atomic mass is 16.6. The van der Waals surface area contributed by atoms with E-state index in [1.807, 2.05) is 0 Å². The summed E-state index contributed by atoms with van der Waals surface area (Å²) < 4.78 is 11.4. The van der Waals surface area contributed by atoms with E-state index in [1.54, 1.807) is 0 Å². The summed E-state index contributed by atoms with van der Waals surface area (Å²) in [4.78, 5) is 11.4. The molecule has 1 saturated heterocycles. The Bertz CT molecular complexity index is 1100. The first kappa shape index (κ1) is 32.2. The maximum atomic E-state index is 11.4. The number of hydrogen-bond donors (Lipinski definition) is 1. The van der Waals surface area contributed by atoms with Crippen LogP contribution in [0.1, 0.15) is 127 Å². The van der Waals surface area contributed by atoms with Crippen LogP contribution in [-0.2, 0) is 21.4 Å². The number of aryl methyl sites for hydroxylation is 3. The van der Waals surface area contributed by atoms with Gasteiger partial charge in [0, 0.05) is 11.8 Å². The smallest absolute Gasteiger partial charge is 0.306 e. The fourth-order valence-electron chi connectivity index (χ4n) is 6.36. The predicted octanol–water partition coefficient (Wildman–Crippen LogP) is 8.78. The number of unbranched alkanes of at least 4 members (excludes halogenated alkanes) is 3. The van der Waals surface area contributed by atoms with E-state index in [9.17, 15) is 9.90 Å². The van der Waals surface area contributed by atoms with Gasteiger partial charge in [-0.2, -0.15) is 0 Å². The lowest BCUT2D eigenvalue weighted by Crippen LogP contribution is -2.30. The van der Waals surface area contributed by atoms with Crippen LogP contribution in [0.2, 0.25) is 0 Å². The molecule has 222 valence electrons. The molecular weight excluding hydrogens is 496 g/mol. The highest BCUT2D eigenvalue weighted by molar-refractivity contribution is 5.71. The minimum absolute atomic E-state index is 0.0452. The van der Waals surface area contributed by atoms with Crippen molar-refractivity contribution in [3.05, 3.63) is 64.2 Å². The van der Waals surface area contributed by atoms with E-state index in [4.69, 9.17) is 9.47 Å². The molecular formula is C36H54O4. The molecule has 1 unspecified atom stereocenters. The maximum Gasteiger partial charge on any atom is 0.306 e. The Kier molecular flexibility index (Phi) is 11.7. The Morgan fingerprint density at radius 2 is 1.65 bits per heavy atom. The van der Waals surface area contributed by atoms with Gasteiger partial charge in [0.25, 0.3) is 0 Å². The molecule has 1 fully saturated rings. The summed E-state index contributed by atoms with van der Waals surface area (Å²) in [5, 5.41) is 11.0. The van der Waals surface area contributed by atoms with Gasteiger partial charge in [-0.25, -0.2) is 0 Å². The number of carbonyl (C=O) groups is 1. The molecule has 0 radical (unpaired) electrons.